The highest BCUT2D eigenvalue weighted by atomic mass is 16.5. The summed E-state index contributed by atoms with van der Waals surface area (Å²) in [5.41, 5.74) is -0.328. The molecular weight excluding hydrogens is 232 g/mol. The maximum Gasteiger partial charge on any atom is 0.234 e. The van der Waals surface area contributed by atoms with E-state index in [2.05, 4.69) is 10.6 Å². The lowest BCUT2D eigenvalue weighted by Gasteiger charge is -2.36. The number of hydrogen-bond donors (Lipinski definition) is 3. The molecule has 0 aromatic carbocycles. The van der Waals surface area contributed by atoms with Gasteiger partial charge in [0.2, 0.25) is 5.91 Å². The second-order valence-electron chi connectivity index (χ2n) is 5.45. The summed E-state index contributed by atoms with van der Waals surface area (Å²) in [6, 6.07) is 0.360. The molecule has 1 heterocycles. The van der Waals surface area contributed by atoms with Gasteiger partial charge in [-0.05, 0) is 25.7 Å². The molecule has 0 atom stereocenters. The van der Waals surface area contributed by atoms with E-state index >= 15 is 0 Å². The highest BCUT2D eigenvalue weighted by molar-refractivity contribution is 5.78. The number of rotatable bonds is 5. The summed E-state index contributed by atoms with van der Waals surface area (Å²) < 4.78 is 5.29. The summed E-state index contributed by atoms with van der Waals surface area (Å²) in [4.78, 5) is 11.8. The average Bonchev–Trinajstić information content (AvgIpc) is 2.90. The largest absolute Gasteiger partial charge is 0.394 e. The zero-order valence-electron chi connectivity index (χ0n) is 10.9. The molecular formula is C13H24N2O3. The normalized spacial score (nSPS) is 24.1. The van der Waals surface area contributed by atoms with Crippen LogP contribution in [-0.2, 0) is 9.53 Å². The number of nitrogens with one attached hydrogen (secondary N) is 2. The van der Waals surface area contributed by atoms with Crippen LogP contribution in [0.15, 0.2) is 0 Å². The molecule has 1 amide bonds. The Morgan fingerprint density at radius 3 is 2.56 bits per heavy atom. The molecule has 3 N–H and O–H groups in total. The van der Waals surface area contributed by atoms with Crippen LogP contribution in [0.4, 0.5) is 0 Å². The molecule has 18 heavy (non-hydrogen) atoms. The summed E-state index contributed by atoms with van der Waals surface area (Å²) in [6.07, 6.45) is 6.17. The Labute approximate surface area is 108 Å². The van der Waals surface area contributed by atoms with E-state index in [4.69, 9.17) is 4.74 Å². The molecule has 5 heteroatoms. The van der Waals surface area contributed by atoms with Gasteiger partial charge in [0.25, 0.3) is 0 Å². The average molecular weight is 256 g/mol. The number of ether oxygens (including phenoxy) is 1. The first-order valence-electron chi connectivity index (χ1n) is 6.97. The van der Waals surface area contributed by atoms with Crippen molar-refractivity contribution in [1.29, 1.82) is 0 Å². The Kier molecular flexibility index (Phi) is 4.97. The molecule has 2 fully saturated rings. The summed E-state index contributed by atoms with van der Waals surface area (Å²) in [7, 11) is 0. The number of carbonyl (C=O) groups is 1. The van der Waals surface area contributed by atoms with Gasteiger partial charge < -0.3 is 20.5 Å². The molecule has 1 aliphatic carbocycles. The molecule has 2 aliphatic rings. The van der Waals surface area contributed by atoms with Gasteiger partial charge in [-0.1, -0.05) is 12.8 Å². The van der Waals surface area contributed by atoms with Gasteiger partial charge in [-0.3, -0.25) is 4.79 Å². The van der Waals surface area contributed by atoms with Crippen LogP contribution in [0.3, 0.4) is 0 Å². The van der Waals surface area contributed by atoms with Crippen LogP contribution in [0.25, 0.3) is 0 Å². The van der Waals surface area contributed by atoms with Crippen molar-refractivity contribution in [3.05, 3.63) is 0 Å². The summed E-state index contributed by atoms with van der Waals surface area (Å²) in [5.74, 6) is 0.0428. The summed E-state index contributed by atoms with van der Waals surface area (Å²) >= 11 is 0. The molecule has 1 saturated carbocycles. The summed E-state index contributed by atoms with van der Waals surface area (Å²) in [5, 5.41) is 15.8. The van der Waals surface area contributed by atoms with E-state index in [0.717, 1.165) is 25.7 Å². The van der Waals surface area contributed by atoms with E-state index in [0.29, 0.717) is 19.3 Å². The lowest BCUT2D eigenvalue weighted by Crippen LogP contribution is -2.55. The highest BCUT2D eigenvalue weighted by Crippen LogP contribution is 2.20. The van der Waals surface area contributed by atoms with Gasteiger partial charge in [-0.15, -0.1) is 0 Å². The van der Waals surface area contributed by atoms with Crippen molar-refractivity contribution in [3.63, 3.8) is 0 Å². The molecule has 104 valence electrons. The van der Waals surface area contributed by atoms with Gasteiger partial charge >= 0.3 is 0 Å². The lowest BCUT2D eigenvalue weighted by atomic mass is 9.91. The molecule has 0 radical (unpaired) electrons. The Balaban J connectivity index is 1.73. The van der Waals surface area contributed by atoms with Crippen LogP contribution in [0.2, 0.25) is 0 Å². The van der Waals surface area contributed by atoms with Crippen molar-refractivity contribution in [1.82, 2.24) is 10.6 Å². The highest BCUT2D eigenvalue weighted by Gasteiger charge is 2.32. The fourth-order valence-corrected chi connectivity index (χ4v) is 2.77. The zero-order chi connectivity index (χ0) is 12.8. The van der Waals surface area contributed by atoms with Crippen LogP contribution >= 0.6 is 0 Å². The zero-order valence-corrected chi connectivity index (χ0v) is 10.9. The van der Waals surface area contributed by atoms with E-state index in [1.54, 1.807) is 0 Å². The number of carbonyl (C=O) groups excluding carboxylic acids is 1. The monoisotopic (exact) mass is 256 g/mol. The predicted octanol–water partition coefficient (Wildman–Crippen LogP) is 0.176. The Bertz CT molecular complexity index is 271. The van der Waals surface area contributed by atoms with Crippen LogP contribution in [-0.4, -0.2) is 49.0 Å². The van der Waals surface area contributed by atoms with Crippen LogP contribution in [0.5, 0.6) is 0 Å². The fraction of sp³-hybridized carbons (Fsp3) is 0.923. The minimum atomic E-state index is -0.328. The maximum atomic E-state index is 11.8. The maximum absolute atomic E-state index is 11.8. The van der Waals surface area contributed by atoms with E-state index in [9.17, 15) is 9.90 Å². The van der Waals surface area contributed by atoms with Crippen LogP contribution < -0.4 is 10.6 Å². The quantitative estimate of drug-likeness (QED) is 0.656. The number of amides is 1. The van der Waals surface area contributed by atoms with E-state index in [-0.39, 0.29) is 24.6 Å². The van der Waals surface area contributed by atoms with E-state index < -0.39 is 0 Å². The molecule has 2 rings (SSSR count). The molecule has 1 saturated heterocycles. The number of aliphatic hydroxyl groups excluding tert-OH is 1. The van der Waals surface area contributed by atoms with Crippen LogP contribution in [0.1, 0.15) is 38.5 Å². The van der Waals surface area contributed by atoms with Crippen LogP contribution in [0, 0.1) is 0 Å². The molecule has 0 aromatic heterocycles. The standard InChI is InChI=1S/C13H24N2O3/c16-10-13(5-7-18-8-6-13)14-9-12(17)15-11-3-1-2-4-11/h11,14,16H,1-10H2,(H,15,17). The van der Waals surface area contributed by atoms with E-state index in [1.807, 2.05) is 0 Å². The van der Waals surface area contributed by atoms with Crippen molar-refractivity contribution in [2.24, 2.45) is 0 Å². The van der Waals surface area contributed by atoms with Gasteiger partial charge in [-0.25, -0.2) is 0 Å². The first-order valence-corrected chi connectivity index (χ1v) is 6.97. The van der Waals surface area contributed by atoms with Crippen molar-refractivity contribution >= 4 is 5.91 Å². The number of hydrogen-bond acceptors (Lipinski definition) is 4. The molecule has 0 bridgehead atoms. The molecule has 0 unspecified atom stereocenters. The van der Waals surface area contributed by atoms with Crippen molar-refractivity contribution in [2.45, 2.75) is 50.1 Å². The Hall–Kier alpha value is -0.650. The van der Waals surface area contributed by atoms with Gasteiger partial charge in [0, 0.05) is 24.8 Å². The van der Waals surface area contributed by atoms with Gasteiger partial charge in [0.15, 0.2) is 0 Å². The fourth-order valence-electron chi connectivity index (χ4n) is 2.77. The SMILES string of the molecule is O=C(CNC1(CO)CCOCC1)NC1CCCC1. The Morgan fingerprint density at radius 1 is 1.28 bits per heavy atom. The lowest BCUT2D eigenvalue weighted by molar-refractivity contribution is -0.121. The first kappa shape index (κ1) is 13.8. The predicted molar refractivity (Wildman–Crippen MR) is 68.3 cm³/mol. The number of aliphatic hydroxyl groups is 1. The third-order valence-electron chi connectivity index (χ3n) is 4.10. The molecule has 5 nitrogen and oxygen atoms in total. The minimum absolute atomic E-state index is 0.0428. The van der Waals surface area contributed by atoms with Crippen molar-refractivity contribution in [2.75, 3.05) is 26.4 Å². The first-order chi connectivity index (χ1) is 8.74. The summed E-state index contributed by atoms with van der Waals surface area (Å²) in [6.45, 7) is 1.65. The second kappa shape index (κ2) is 6.50. The topological polar surface area (TPSA) is 70.6 Å². The van der Waals surface area contributed by atoms with Gasteiger partial charge in [-0.2, -0.15) is 0 Å². The van der Waals surface area contributed by atoms with Gasteiger partial charge in [0.1, 0.15) is 0 Å². The third-order valence-corrected chi connectivity index (χ3v) is 4.10. The van der Waals surface area contributed by atoms with Crippen molar-refractivity contribution < 1.29 is 14.6 Å². The van der Waals surface area contributed by atoms with E-state index in [1.165, 1.54) is 12.8 Å². The molecule has 0 aromatic rings. The third kappa shape index (κ3) is 3.67. The molecule has 1 aliphatic heterocycles. The smallest absolute Gasteiger partial charge is 0.234 e. The van der Waals surface area contributed by atoms with Crippen molar-refractivity contribution in [3.8, 4) is 0 Å². The Morgan fingerprint density at radius 2 is 1.94 bits per heavy atom. The minimum Gasteiger partial charge on any atom is -0.394 e. The van der Waals surface area contributed by atoms with Gasteiger partial charge in [0.05, 0.1) is 13.2 Å². The molecule has 0 spiro atoms. The second-order valence-corrected chi connectivity index (χ2v) is 5.45.